The lowest BCUT2D eigenvalue weighted by Gasteiger charge is -2.23. The van der Waals surface area contributed by atoms with E-state index >= 15 is 0 Å². The molecule has 0 aliphatic rings. The second-order valence-electron chi connectivity index (χ2n) is 3.31. The van der Waals surface area contributed by atoms with Crippen molar-refractivity contribution in [2.75, 3.05) is 6.61 Å². The zero-order chi connectivity index (χ0) is 13.1. The molecule has 0 fully saturated rings. The maximum absolute atomic E-state index is 13.1. The number of nitrogens with two attached hydrogens (primary N) is 1. The molecule has 0 saturated heterocycles. The summed E-state index contributed by atoms with van der Waals surface area (Å²) in [4.78, 5) is 0. The predicted molar refractivity (Wildman–Crippen MR) is 52.0 cm³/mol. The maximum atomic E-state index is 13.1. The Bertz CT molecular complexity index is 373. The van der Waals surface area contributed by atoms with Crippen LogP contribution in [0.5, 0.6) is 5.75 Å². The van der Waals surface area contributed by atoms with Crippen LogP contribution in [-0.2, 0) is 0 Å². The van der Waals surface area contributed by atoms with Crippen molar-refractivity contribution in [2.45, 2.75) is 18.6 Å². The highest BCUT2D eigenvalue weighted by Gasteiger charge is 2.38. The van der Waals surface area contributed by atoms with Crippen LogP contribution < -0.4 is 10.5 Å². The van der Waals surface area contributed by atoms with Crippen molar-refractivity contribution in [1.82, 2.24) is 0 Å². The van der Waals surface area contributed by atoms with Gasteiger partial charge in [-0.2, -0.15) is 8.78 Å². The maximum Gasteiger partial charge on any atom is 0.387 e. The third kappa shape index (κ3) is 3.31. The number of benzene rings is 1. The van der Waals surface area contributed by atoms with Crippen LogP contribution in [0.25, 0.3) is 0 Å². The van der Waals surface area contributed by atoms with Gasteiger partial charge in [0, 0.05) is 5.56 Å². The van der Waals surface area contributed by atoms with Crippen molar-refractivity contribution in [3.63, 3.8) is 0 Å². The number of rotatable bonds is 5. The van der Waals surface area contributed by atoms with Gasteiger partial charge >= 0.3 is 6.61 Å². The van der Waals surface area contributed by atoms with Gasteiger partial charge in [-0.05, 0) is 6.07 Å². The van der Waals surface area contributed by atoms with Gasteiger partial charge in [0.15, 0.2) is 0 Å². The molecule has 17 heavy (non-hydrogen) atoms. The number of para-hydroxylation sites is 1. The van der Waals surface area contributed by atoms with Gasteiger partial charge in [-0.1, -0.05) is 18.2 Å². The van der Waals surface area contributed by atoms with E-state index in [9.17, 15) is 17.6 Å². The SMILES string of the molecule is N[C@H](c1ccccc1OC(F)F)C(F)(F)CO. The molecule has 0 aromatic heterocycles. The van der Waals surface area contributed by atoms with Crippen LogP contribution in [0.1, 0.15) is 11.6 Å². The number of aliphatic hydroxyl groups is 1. The molecule has 1 aromatic carbocycles. The van der Waals surface area contributed by atoms with Crippen molar-refractivity contribution in [2.24, 2.45) is 5.73 Å². The van der Waals surface area contributed by atoms with Crippen molar-refractivity contribution in [3.8, 4) is 5.75 Å². The monoisotopic (exact) mass is 253 g/mol. The van der Waals surface area contributed by atoms with Crippen LogP contribution in [0.15, 0.2) is 24.3 Å². The third-order valence-electron chi connectivity index (χ3n) is 2.14. The van der Waals surface area contributed by atoms with Gasteiger partial charge in [0.05, 0.1) is 0 Å². The Labute approximate surface area is 94.8 Å². The molecule has 0 radical (unpaired) electrons. The number of alkyl halides is 4. The Morgan fingerprint density at radius 1 is 1.29 bits per heavy atom. The average molecular weight is 253 g/mol. The van der Waals surface area contributed by atoms with E-state index in [4.69, 9.17) is 10.8 Å². The van der Waals surface area contributed by atoms with Crippen LogP contribution in [0.2, 0.25) is 0 Å². The topological polar surface area (TPSA) is 55.5 Å². The molecule has 0 amide bonds. The summed E-state index contributed by atoms with van der Waals surface area (Å²) in [7, 11) is 0. The Morgan fingerprint density at radius 3 is 2.41 bits per heavy atom. The number of hydrogen-bond donors (Lipinski definition) is 2. The summed E-state index contributed by atoms with van der Waals surface area (Å²) in [6.07, 6.45) is 0. The summed E-state index contributed by atoms with van der Waals surface area (Å²) in [6.45, 7) is -4.61. The first-order chi connectivity index (χ1) is 7.88. The van der Waals surface area contributed by atoms with E-state index in [1.165, 1.54) is 12.1 Å². The predicted octanol–water partition coefficient (Wildman–Crippen LogP) is 1.92. The summed E-state index contributed by atoms with van der Waals surface area (Å²) in [5.41, 5.74) is 4.94. The first kappa shape index (κ1) is 13.7. The molecule has 0 aliphatic heterocycles. The number of ether oxygens (including phenoxy) is 1. The minimum atomic E-state index is -3.61. The van der Waals surface area contributed by atoms with Gasteiger partial charge in [0.2, 0.25) is 0 Å². The highest BCUT2D eigenvalue weighted by atomic mass is 19.3. The van der Waals surface area contributed by atoms with Gasteiger partial charge in [-0.3, -0.25) is 0 Å². The van der Waals surface area contributed by atoms with Crippen LogP contribution in [0.3, 0.4) is 0 Å². The molecule has 0 unspecified atom stereocenters. The van der Waals surface area contributed by atoms with E-state index in [-0.39, 0.29) is 5.56 Å². The molecular formula is C10H11F4NO2. The summed E-state index contributed by atoms with van der Waals surface area (Å²) < 4.78 is 54.4. The van der Waals surface area contributed by atoms with Crippen molar-refractivity contribution >= 4 is 0 Å². The molecular weight excluding hydrogens is 242 g/mol. The Balaban J connectivity index is 3.04. The van der Waals surface area contributed by atoms with Gasteiger partial charge in [0.25, 0.3) is 5.92 Å². The van der Waals surface area contributed by atoms with E-state index in [0.717, 1.165) is 12.1 Å². The molecule has 1 aromatic rings. The normalized spacial score (nSPS) is 13.8. The lowest BCUT2D eigenvalue weighted by atomic mass is 10.0. The summed E-state index contributed by atoms with van der Waals surface area (Å²) in [6, 6.07) is 3.05. The smallest absolute Gasteiger partial charge is 0.387 e. The number of hydrogen-bond acceptors (Lipinski definition) is 3. The van der Waals surface area contributed by atoms with E-state index < -0.39 is 30.9 Å². The lowest BCUT2D eigenvalue weighted by Crippen LogP contribution is -2.36. The first-order valence-corrected chi connectivity index (χ1v) is 4.66. The van der Waals surface area contributed by atoms with E-state index in [2.05, 4.69) is 4.74 Å². The Morgan fingerprint density at radius 2 is 1.88 bits per heavy atom. The number of aliphatic hydroxyl groups excluding tert-OH is 1. The fourth-order valence-electron chi connectivity index (χ4n) is 1.27. The lowest BCUT2D eigenvalue weighted by molar-refractivity contribution is -0.0757. The minimum absolute atomic E-state index is 0.285. The van der Waals surface area contributed by atoms with Crippen LogP contribution in [-0.4, -0.2) is 24.2 Å². The molecule has 1 rings (SSSR count). The van der Waals surface area contributed by atoms with Gasteiger partial charge < -0.3 is 15.6 Å². The highest BCUT2D eigenvalue weighted by molar-refractivity contribution is 5.37. The summed E-state index contributed by atoms with van der Waals surface area (Å²) >= 11 is 0. The van der Waals surface area contributed by atoms with Crippen molar-refractivity contribution in [3.05, 3.63) is 29.8 Å². The van der Waals surface area contributed by atoms with Crippen molar-refractivity contribution < 1.29 is 27.4 Å². The number of halogens is 4. The van der Waals surface area contributed by atoms with Crippen molar-refractivity contribution in [1.29, 1.82) is 0 Å². The van der Waals surface area contributed by atoms with Crippen LogP contribution in [0, 0.1) is 0 Å². The molecule has 0 heterocycles. The fourth-order valence-corrected chi connectivity index (χ4v) is 1.27. The Kier molecular flexibility index (Phi) is 4.30. The molecule has 3 N–H and O–H groups in total. The third-order valence-corrected chi connectivity index (χ3v) is 2.14. The van der Waals surface area contributed by atoms with E-state index in [1.54, 1.807) is 0 Å². The fraction of sp³-hybridized carbons (Fsp3) is 0.400. The zero-order valence-electron chi connectivity index (χ0n) is 8.62. The zero-order valence-corrected chi connectivity index (χ0v) is 8.62. The molecule has 7 heteroatoms. The Hall–Kier alpha value is -1.34. The first-order valence-electron chi connectivity index (χ1n) is 4.66. The van der Waals surface area contributed by atoms with E-state index in [1.807, 2.05) is 0 Å². The second kappa shape index (κ2) is 5.33. The molecule has 96 valence electrons. The summed E-state index contributed by atoms with van der Waals surface area (Å²) in [5.74, 6) is -4.04. The molecule has 0 saturated carbocycles. The summed E-state index contributed by atoms with van der Waals surface area (Å²) in [5, 5.41) is 8.48. The molecule has 0 aliphatic carbocycles. The molecule has 0 spiro atoms. The van der Waals surface area contributed by atoms with E-state index in [0.29, 0.717) is 0 Å². The standard InChI is InChI=1S/C10H11F4NO2/c11-9(12)17-7-4-2-1-3-6(7)8(15)10(13,14)5-16/h1-4,8-9,16H,5,15H2/t8-/m1/s1. The molecule has 0 bridgehead atoms. The van der Waals surface area contributed by atoms with Gasteiger partial charge in [-0.15, -0.1) is 0 Å². The molecule has 3 nitrogen and oxygen atoms in total. The van der Waals surface area contributed by atoms with Gasteiger partial charge in [0.1, 0.15) is 18.4 Å². The highest BCUT2D eigenvalue weighted by Crippen LogP contribution is 2.34. The minimum Gasteiger partial charge on any atom is -0.434 e. The quantitative estimate of drug-likeness (QED) is 0.788. The largest absolute Gasteiger partial charge is 0.434 e. The molecule has 1 atom stereocenters. The van der Waals surface area contributed by atoms with Crippen LogP contribution >= 0.6 is 0 Å². The van der Waals surface area contributed by atoms with Crippen LogP contribution in [0.4, 0.5) is 17.6 Å². The average Bonchev–Trinajstić information content (AvgIpc) is 2.28. The van der Waals surface area contributed by atoms with Gasteiger partial charge in [-0.25, -0.2) is 8.78 Å². The second-order valence-corrected chi connectivity index (χ2v) is 3.31.